The lowest BCUT2D eigenvalue weighted by atomic mass is 10.2. The molecule has 2 aliphatic rings. The van der Waals surface area contributed by atoms with Crippen molar-refractivity contribution in [1.29, 1.82) is 0 Å². The predicted octanol–water partition coefficient (Wildman–Crippen LogP) is 2.43. The first-order chi connectivity index (χ1) is 15.3. The summed E-state index contributed by atoms with van der Waals surface area (Å²) in [5.41, 5.74) is 1.49. The summed E-state index contributed by atoms with van der Waals surface area (Å²) < 4.78 is 24.9. The molecular formula is C22H25FN6O2. The molecule has 31 heavy (non-hydrogen) atoms. The minimum absolute atomic E-state index is 0.175. The topological polar surface area (TPSA) is 70.8 Å². The van der Waals surface area contributed by atoms with Crippen molar-refractivity contribution >= 4 is 11.5 Å². The van der Waals surface area contributed by atoms with Gasteiger partial charge in [0.25, 0.3) is 0 Å². The molecule has 0 atom stereocenters. The van der Waals surface area contributed by atoms with Gasteiger partial charge in [0, 0.05) is 51.0 Å². The molecule has 3 aromatic rings. The number of piperazine rings is 1. The fourth-order valence-electron chi connectivity index (χ4n) is 3.98. The number of pyridine rings is 1. The van der Waals surface area contributed by atoms with Crippen molar-refractivity contribution in [3.05, 3.63) is 54.3 Å². The van der Waals surface area contributed by atoms with Crippen LogP contribution in [0.4, 0.5) is 15.9 Å². The summed E-state index contributed by atoms with van der Waals surface area (Å²) in [6, 6.07) is 10.9. The number of halogens is 1. The first-order valence-corrected chi connectivity index (χ1v) is 10.6. The third kappa shape index (κ3) is 4.52. The molecule has 0 amide bonds. The first kappa shape index (κ1) is 19.9. The number of hydrogen-bond donors (Lipinski definition) is 0. The lowest BCUT2D eigenvalue weighted by Gasteiger charge is -2.35. The molecule has 2 aromatic heterocycles. The van der Waals surface area contributed by atoms with Crippen LogP contribution >= 0.6 is 0 Å². The number of hydrogen-bond acceptors (Lipinski definition) is 8. The van der Waals surface area contributed by atoms with Crippen LogP contribution < -0.4 is 9.80 Å². The Morgan fingerprint density at radius 1 is 0.903 bits per heavy atom. The van der Waals surface area contributed by atoms with E-state index < -0.39 is 0 Å². The smallest absolute Gasteiger partial charge is 0.241 e. The fraction of sp³-hybridized carbons (Fsp3) is 0.409. The molecule has 0 spiro atoms. The normalized spacial score (nSPS) is 17.8. The summed E-state index contributed by atoms with van der Waals surface area (Å²) in [6.45, 7) is 6.87. The van der Waals surface area contributed by atoms with Gasteiger partial charge < -0.3 is 19.1 Å². The van der Waals surface area contributed by atoms with E-state index in [0.29, 0.717) is 23.9 Å². The maximum absolute atomic E-state index is 14.0. The summed E-state index contributed by atoms with van der Waals surface area (Å²) in [4.78, 5) is 15.6. The minimum atomic E-state index is -0.175. The van der Waals surface area contributed by atoms with Crippen molar-refractivity contribution < 1.29 is 13.7 Å². The van der Waals surface area contributed by atoms with Gasteiger partial charge in [0.1, 0.15) is 11.6 Å². The number of ether oxygens (including phenoxy) is 1. The Hall–Kier alpha value is -3.04. The van der Waals surface area contributed by atoms with Gasteiger partial charge in [0.2, 0.25) is 11.7 Å². The lowest BCUT2D eigenvalue weighted by Crippen LogP contribution is -2.46. The van der Waals surface area contributed by atoms with Gasteiger partial charge in [-0.3, -0.25) is 4.90 Å². The summed E-state index contributed by atoms with van der Waals surface area (Å²) >= 11 is 0. The van der Waals surface area contributed by atoms with E-state index in [2.05, 4.69) is 29.8 Å². The van der Waals surface area contributed by atoms with Crippen LogP contribution in [0.2, 0.25) is 0 Å². The van der Waals surface area contributed by atoms with Crippen LogP contribution in [0.1, 0.15) is 5.89 Å². The molecule has 4 heterocycles. The van der Waals surface area contributed by atoms with Crippen LogP contribution in [0.25, 0.3) is 11.4 Å². The molecule has 0 saturated carbocycles. The van der Waals surface area contributed by atoms with Crippen molar-refractivity contribution in [2.24, 2.45) is 0 Å². The van der Waals surface area contributed by atoms with Crippen LogP contribution in [0.15, 0.2) is 47.1 Å². The van der Waals surface area contributed by atoms with Crippen LogP contribution in [-0.4, -0.2) is 72.5 Å². The number of nitrogens with zero attached hydrogens (tertiary/aromatic N) is 6. The maximum Gasteiger partial charge on any atom is 0.241 e. The van der Waals surface area contributed by atoms with Crippen molar-refractivity contribution in [1.82, 2.24) is 20.0 Å². The molecule has 1 aromatic carbocycles. The van der Waals surface area contributed by atoms with E-state index in [4.69, 9.17) is 9.26 Å². The average Bonchev–Trinajstić information content (AvgIpc) is 3.29. The molecule has 2 aliphatic heterocycles. The van der Waals surface area contributed by atoms with E-state index in [1.165, 1.54) is 6.07 Å². The minimum Gasteiger partial charge on any atom is -0.378 e. The van der Waals surface area contributed by atoms with Crippen LogP contribution in [-0.2, 0) is 11.3 Å². The predicted molar refractivity (Wildman–Crippen MR) is 114 cm³/mol. The molecule has 0 aliphatic carbocycles. The molecule has 2 saturated heterocycles. The van der Waals surface area contributed by atoms with Gasteiger partial charge in [0.15, 0.2) is 0 Å². The van der Waals surface area contributed by atoms with Crippen molar-refractivity contribution in [3.8, 4) is 11.4 Å². The standard InChI is InChI=1S/C22H25FN6O2/c23-18-3-1-2-4-19(18)28-9-7-27(8-10-28)16-21-25-22(26-31-21)17-5-6-20(24-15-17)29-11-13-30-14-12-29/h1-6,15H,7-14,16H2. The molecule has 9 heteroatoms. The Labute approximate surface area is 180 Å². The molecule has 5 rings (SSSR count). The first-order valence-electron chi connectivity index (χ1n) is 10.6. The summed E-state index contributed by atoms with van der Waals surface area (Å²) in [6.07, 6.45) is 1.78. The molecule has 2 fully saturated rings. The largest absolute Gasteiger partial charge is 0.378 e. The molecule has 0 radical (unpaired) electrons. The average molecular weight is 424 g/mol. The van der Waals surface area contributed by atoms with Gasteiger partial charge in [-0.15, -0.1) is 0 Å². The van der Waals surface area contributed by atoms with E-state index >= 15 is 0 Å². The molecule has 8 nitrogen and oxygen atoms in total. The zero-order chi connectivity index (χ0) is 21.0. The van der Waals surface area contributed by atoms with Crippen LogP contribution in [0.5, 0.6) is 0 Å². The summed E-state index contributed by atoms with van der Waals surface area (Å²) in [7, 11) is 0. The number of aromatic nitrogens is 3. The highest BCUT2D eigenvalue weighted by Gasteiger charge is 2.21. The van der Waals surface area contributed by atoms with Crippen LogP contribution in [0, 0.1) is 5.82 Å². The van der Waals surface area contributed by atoms with Crippen molar-refractivity contribution in [2.75, 3.05) is 62.3 Å². The third-order valence-electron chi connectivity index (χ3n) is 5.73. The highest BCUT2D eigenvalue weighted by atomic mass is 19.1. The highest BCUT2D eigenvalue weighted by molar-refractivity contribution is 5.56. The zero-order valence-electron chi connectivity index (χ0n) is 17.3. The molecular weight excluding hydrogens is 399 g/mol. The second-order valence-electron chi connectivity index (χ2n) is 7.73. The van der Waals surface area contributed by atoms with Crippen LogP contribution in [0.3, 0.4) is 0 Å². The number of benzene rings is 1. The Morgan fingerprint density at radius 3 is 2.45 bits per heavy atom. The van der Waals surface area contributed by atoms with Crippen molar-refractivity contribution in [2.45, 2.75) is 6.54 Å². The zero-order valence-corrected chi connectivity index (χ0v) is 17.3. The molecule has 0 bridgehead atoms. The van der Waals surface area contributed by atoms with Crippen molar-refractivity contribution in [3.63, 3.8) is 0 Å². The summed E-state index contributed by atoms with van der Waals surface area (Å²) in [5.74, 6) is 1.88. The number of anilines is 2. The number of rotatable bonds is 5. The fourth-order valence-corrected chi connectivity index (χ4v) is 3.98. The van der Waals surface area contributed by atoms with E-state index in [0.717, 1.165) is 63.9 Å². The Kier molecular flexibility index (Phi) is 5.77. The Balaban J connectivity index is 1.17. The highest BCUT2D eigenvalue weighted by Crippen LogP contribution is 2.22. The monoisotopic (exact) mass is 424 g/mol. The van der Waals surface area contributed by atoms with Gasteiger partial charge in [0.05, 0.1) is 25.4 Å². The quantitative estimate of drug-likeness (QED) is 0.619. The van der Waals surface area contributed by atoms with Gasteiger partial charge in [-0.05, 0) is 24.3 Å². The van der Waals surface area contributed by atoms with Gasteiger partial charge in [-0.25, -0.2) is 9.37 Å². The second-order valence-corrected chi connectivity index (χ2v) is 7.73. The van der Waals surface area contributed by atoms with E-state index in [1.807, 2.05) is 24.3 Å². The molecule has 162 valence electrons. The number of para-hydroxylation sites is 1. The van der Waals surface area contributed by atoms with E-state index in [-0.39, 0.29) is 5.82 Å². The second kappa shape index (κ2) is 8.99. The Morgan fingerprint density at radius 2 is 1.71 bits per heavy atom. The van der Waals surface area contributed by atoms with E-state index in [1.54, 1.807) is 12.3 Å². The SMILES string of the molecule is Fc1ccccc1N1CCN(Cc2nc(-c3ccc(N4CCOCC4)nc3)no2)CC1. The van der Waals surface area contributed by atoms with Gasteiger partial charge >= 0.3 is 0 Å². The van der Waals surface area contributed by atoms with Gasteiger partial charge in [-0.2, -0.15) is 4.98 Å². The maximum atomic E-state index is 14.0. The molecule has 0 N–H and O–H groups in total. The third-order valence-corrected chi connectivity index (χ3v) is 5.73. The van der Waals surface area contributed by atoms with E-state index in [9.17, 15) is 4.39 Å². The number of morpholine rings is 1. The lowest BCUT2D eigenvalue weighted by molar-refractivity contribution is 0.122. The summed E-state index contributed by atoms with van der Waals surface area (Å²) in [5, 5.41) is 4.12. The molecule has 0 unspecified atom stereocenters. The Bertz CT molecular complexity index is 997. The van der Waals surface area contributed by atoms with Gasteiger partial charge in [-0.1, -0.05) is 17.3 Å².